The Labute approximate surface area is 99.9 Å². The van der Waals surface area contributed by atoms with E-state index >= 15 is 0 Å². The molecule has 0 radical (unpaired) electrons. The Hall–Kier alpha value is -0.540. The average Bonchev–Trinajstić information content (AvgIpc) is 2.14. The van der Waals surface area contributed by atoms with E-state index in [2.05, 4.69) is 28.1 Å². The van der Waals surface area contributed by atoms with Gasteiger partial charge in [0.1, 0.15) is 5.75 Å². The number of nitrogens with two attached hydrogens (primary N) is 1. The number of ether oxygens (including phenoxy) is 1. The highest BCUT2D eigenvalue weighted by atomic mass is 79.9. The Morgan fingerprint density at radius 2 is 2.07 bits per heavy atom. The van der Waals surface area contributed by atoms with E-state index in [-0.39, 0.29) is 5.54 Å². The monoisotopic (exact) mass is 271 g/mol. The molecule has 1 rings (SSSR count). The van der Waals surface area contributed by atoms with E-state index in [1.54, 1.807) is 7.11 Å². The zero-order valence-corrected chi connectivity index (χ0v) is 11.1. The zero-order chi connectivity index (χ0) is 11.5. The molecule has 0 saturated carbocycles. The first-order valence-corrected chi connectivity index (χ1v) is 5.83. The molecule has 0 saturated heterocycles. The summed E-state index contributed by atoms with van der Waals surface area (Å²) in [5.41, 5.74) is 7.12. The lowest BCUT2D eigenvalue weighted by molar-refractivity contribution is 0.412. The summed E-state index contributed by atoms with van der Waals surface area (Å²) in [6.07, 6.45) is 1.97. The number of hydrogen-bond donors (Lipinski definition) is 1. The predicted octanol–water partition coefficient (Wildman–Crippen LogP) is 3.13. The van der Waals surface area contributed by atoms with Gasteiger partial charge in [-0.15, -0.1) is 0 Å². The summed E-state index contributed by atoms with van der Waals surface area (Å²) in [4.78, 5) is 0. The molecule has 0 amide bonds. The minimum Gasteiger partial charge on any atom is -0.496 e. The molecule has 1 aromatic rings. The lowest BCUT2D eigenvalue weighted by Crippen LogP contribution is -2.32. The van der Waals surface area contributed by atoms with E-state index in [1.807, 2.05) is 19.9 Å². The van der Waals surface area contributed by atoms with Crippen LogP contribution in [0.25, 0.3) is 0 Å². The summed E-state index contributed by atoms with van der Waals surface area (Å²) in [6.45, 7) is 4.09. The Kier molecular flexibility index (Phi) is 4.17. The lowest BCUT2D eigenvalue weighted by atomic mass is 9.97. The third-order valence-electron chi connectivity index (χ3n) is 2.27. The minimum absolute atomic E-state index is 0.105. The lowest BCUT2D eigenvalue weighted by Gasteiger charge is -2.18. The fraction of sp³-hybridized carbons (Fsp3) is 0.500. The maximum Gasteiger partial charge on any atom is 0.133 e. The van der Waals surface area contributed by atoms with Gasteiger partial charge in [0.05, 0.1) is 11.6 Å². The van der Waals surface area contributed by atoms with Gasteiger partial charge >= 0.3 is 0 Å². The van der Waals surface area contributed by atoms with Crippen molar-refractivity contribution in [3.63, 3.8) is 0 Å². The van der Waals surface area contributed by atoms with Crippen LogP contribution >= 0.6 is 15.9 Å². The molecule has 15 heavy (non-hydrogen) atoms. The fourth-order valence-electron chi connectivity index (χ4n) is 1.33. The second-order valence-electron chi connectivity index (χ2n) is 4.46. The maximum atomic E-state index is 5.94. The van der Waals surface area contributed by atoms with Gasteiger partial charge in [-0.25, -0.2) is 0 Å². The van der Waals surface area contributed by atoms with E-state index in [1.165, 1.54) is 5.56 Å². The van der Waals surface area contributed by atoms with Crippen LogP contribution in [0.15, 0.2) is 22.7 Å². The van der Waals surface area contributed by atoms with Crippen LogP contribution in [0.5, 0.6) is 5.75 Å². The SMILES string of the molecule is COc1ccc(CCC(C)(C)N)cc1Br. The quantitative estimate of drug-likeness (QED) is 0.914. The van der Waals surface area contributed by atoms with Gasteiger partial charge in [0, 0.05) is 5.54 Å². The van der Waals surface area contributed by atoms with Crippen molar-refractivity contribution >= 4 is 15.9 Å². The number of hydrogen-bond acceptors (Lipinski definition) is 2. The second kappa shape index (κ2) is 4.99. The van der Waals surface area contributed by atoms with Crippen LogP contribution in [0.4, 0.5) is 0 Å². The van der Waals surface area contributed by atoms with Crippen molar-refractivity contribution in [2.24, 2.45) is 5.73 Å². The number of aryl methyl sites for hydroxylation is 1. The van der Waals surface area contributed by atoms with Crippen molar-refractivity contribution in [1.82, 2.24) is 0 Å². The Morgan fingerprint density at radius 1 is 1.40 bits per heavy atom. The highest BCUT2D eigenvalue weighted by molar-refractivity contribution is 9.10. The molecular formula is C12H18BrNO. The van der Waals surface area contributed by atoms with Crippen LogP contribution in [0.2, 0.25) is 0 Å². The second-order valence-corrected chi connectivity index (χ2v) is 5.31. The molecule has 2 N–H and O–H groups in total. The number of rotatable bonds is 4. The molecule has 3 heteroatoms. The van der Waals surface area contributed by atoms with E-state index in [4.69, 9.17) is 10.5 Å². The first-order chi connectivity index (χ1) is 6.92. The molecule has 0 atom stereocenters. The summed E-state index contributed by atoms with van der Waals surface area (Å²) < 4.78 is 6.17. The van der Waals surface area contributed by atoms with Gasteiger partial charge < -0.3 is 10.5 Å². The number of halogens is 1. The normalized spacial score (nSPS) is 11.5. The molecule has 84 valence electrons. The van der Waals surface area contributed by atoms with Gasteiger partial charge in [-0.1, -0.05) is 6.07 Å². The van der Waals surface area contributed by atoms with Gasteiger partial charge in [0.2, 0.25) is 0 Å². The largest absolute Gasteiger partial charge is 0.496 e. The molecule has 2 nitrogen and oxygen atoms in total. The predicted molar refractivity (Wildman–Crippen MR) is 67.3 cm³/mol. The van der Waals surface area contributed by atoms with Gasteiger partial charge in [-0.05, 0) is 60.3 Å². The van der Waals surface area contributed by atoms with Gasteiger partial charge in [-0.3, -0.25) is 0 Å². The molecule has 0 heterocycles. The molecule has 1 aromatic carbocycles. The van der Waals surface area contributed by atoms with Crippen LogP contribution in [-0.2, 0) is 6.42 Å². The Balaban J connectivity index is 2.68. The highest BCUT2D eigenvalue weighted by Gasteiger charge is 2.10. The van der Waals surface area contributed by atoms with Crippen molar-refractivity contribution in [2.75, 3.05) is 7.11 Å². The van der Waals surface area contributed by atoms with E-state index < -0.39 is 0 Å². The molecule has 0 aliphatic heterocycles. The third-order valence-corrected chi connectivity index (χ3v) is 2.89. The number of methoxy groups -OCH3 is 1. The molecule has 0 aliphatic carbocycles. The van der Waals surface area contributed by atoms with Gasteiger partial charge in [-0.2, -0.15) is 0 Å². The van der Waals surface area contributed by atoms with E-state index in [0.717, 1.165) is 23.1 Å². The molecule has 0 spiro atoms. The molecule has 0 bridgehead atoms. The molecule has 0 aromatic heterocycles. The first-order valence-electron chi connectivity index (χ1n) is 5.04. The van der Waals surface area contributed by atoms with Gasteiger partial charge in [0.15, 0.2) is 0 Å². The van der Waals surface area contributed by atoms with Crippen LogP contribution in [0, 0.1) is 0 Å². The van der Waals surface area contributed by atoms with Crippen LogP contribution in [0.1, 0.15) is 25.8 Å². The smallest absolute Gasteiger partial charge is 0.133 e. The molecule has 0 aliphatic rings. The Morgan fingerprint density at radius 3 is 2.53 bits per heavy atom. The number of benzene rings is 1. The first kappa shape index (κ1) is 12.5. The average molecular weight is 272 g/mol. The summed E-state index contributed by atoms with van der Waals surface area (Å²) in [6, 6.07) is 6.14. The minimum atomic E-state index is -0.105. The molecule has 0 unspecified atom stereocenters. The topological polar surface area (TPSA) is 35.2 Å². The van der Waals surface area contributed by atoms with E-state index in [0.29, 0.717) is 0 Å². The molecule has 0 fully saturated rings. The summed E-state index contributed by atoms with van der Waals surface area (Å²) in [5, 5.41) is 0. The van der Waals surface area contributed by atoms with Crippen LogP contribution in [-0.4, -0.2) is 12.6 Å². The van der Waals surface area contributed by atoms with Crippen molar-refractivity contribution < 1.29 is 4.74 Å². The zero-order valence-electron chi connectivity index (χ0n) is 9.51. The third kappa shape index (κ3) is 4.22. The summed E-state index contributed by atoms with van der Waals surface area (Å²) in [5.74, 6) is 0.866. The summed E-state index contributed by atoms with van der Waals surface area (Å²) in [7, 11) is 1.67. The van der Waals surface area contributed by atoms with Gasteiger partial charge in [0.25, 0.3) is 0 Å². The molecular weight excluding hydrogens is 254 g/mol. The standard InChI is InChI=1S/C12H18BrNO/c1-12(2,14)7-6-9-4-5-11(15-3)10(13)8-9/h4-5,8H,6-7,14H2,1-3H3. The highest BCUT2D eigenvalue weighted by Crippen LogP contribution is 2.26. The van der Waals surface area contributed by atoms with Crippen molar-refractivity contribution in [3.8, 4) is 5.75 Å². The van der Waals surface area contributed by atoms with Crippen molar-refractivity contribution in [2.45, 2.75) is 32.2 Å². The summed E-state index contributed by atoms with van der Waals surface area (Å²) >= 11 is 3.47. The Bertz CT molecular complexity index is 331. The fourth-order valence-corrected chi connectivity index (χ4v) is 1.92. The van der Waals surface area contributed by atoms with E-state index in [9.17, 15) is 0 Å². The van der Waals surface area contributed by atoms with Crippen LogP contribution in [0.3, 0.4) is 0 Å². The van der Waals surface area contributed by atoms with Crippen molar-refractivity contribution in [1.29, 1.82) is 0 Å². The van der Waals surface area contributed by atoms with Crippen molar-refractivity contribution in [3.05, 3.63) is 28.2 Å². The van der Waals surface area contributed by atoms with Crippen LogP contribution < -0.4 is 10.5 Å². The maximum absolute atomic E-state index is 5.94.